The molecule has 170 valence electrons. The van der Waals surface area contributed by atoms with E-state index in [0.29, 0.717) is 11.4 Å². The molecule has 1 saturated heterocycles. The smallest absolute Gasteiger partial charge is 0.326 e. The summed E-state index contributed by atoms with van der Waals surface area (Å²) in [5, 5.41) is 5.50. The van der Waals surface area contributed by atoms with Gasteiger partial charge < -0.3 is 10.2 Å². The third-order valence-electron chi connectivity index (χ3n) is 5.35. The first kappa shape index (κ1) is 23.1. The minimum atomic E-state index is -0.878. The van der Waals surface area contributed by atoms with E-state index in [4.69, 9.17) is 16.7 Å². The molecule has 0 aliphatic carbocycles. The van der Waals surface area contributed by atoms with E-state index in [9.17, 15) is 14.4 Å². The number of thiocarbonyl (C=S) groups is 1. The summed E-state index contributed by atoms with van der Waals surface area (Å²) >= 11 is 7.81. The van der Waals surface area contributed by atoms with E-state index in [-0.39, 0.29) is 35.6 Å². The van der Waals surface area contributed by atoms with Crippen LogP contribution in [0, 0.1) is 10.5 Å². The fourth-order valence-corrected chi connectivity index (χ4v) is 4.31. The Balaban J connectivity index is 1.63. The molecule has 4 rings (SSSR count). The van der Waals surface area contributed by atoms with Crippen LogP contribution in [0.4, 0.5) is 11.4 Å². The molecule has 3 aromatic rings. The molecule has 33 heavy (non-hydrogen) atoms. The number of rotatable bonds is 6. The van der Waals surface area contributed by atoms with Gasteiger partial charge in [-0.25, -0.2) is 4.79 Å². The quantitative estimate of drug-likeness (QED) is 0.265. The first-order valence-corrected chi connectivity index (χ1v) is 11.6. The zero-order valence-electron chi connectivity index (χ0n) is 17.9. The summed E-state index contributed by atoms with van der Waals surface area (Å²) in [4.78, 5) is 41.4. The lowest BCUT2D eigenvalue weighted by molar-refractivity contribution is -0.746. The molecule has 11 heteroatoms. The molecule has 2 heterocycles. The average molecular weight is 578 g/mol. The van der Waals surface area contributed by atoms with Crippen LogP contribution in [0.3, 0.4) is 0 Å². The Kier molecular flexibility index (Phi) is 6.61. The van der Waals surface area contributed by atoms with E-state index >= 15 is 0 Å². The molecule has 0 radical (unpaired) electrons. The van der Waals surface area contributed by atoms with Crippen LogP contribution in [0.5, 0.6) is 0 Å². The standard InChI is InChI=1S/C22H20IN5O4S/c1-13-3-9-16(10-4-13)28-20(30)17(11-19(29)24-15-7-5-14(23)6-8-15)27(22(28)33)12-18-21(31)32-25-26(18)2/h3-10,17H,11-12H2,1-2H3,(H-,24,25,29,31)/p+1. The predicted molar refractivity (Wildman–Crippen MR) is 134 cm³/mol. The number of hydrogen-bond acceptors (Lipinski definition) is 5. The summed E-state index contributed by atoms with van der Waals surface area (Å²) in [6.45, 7) is 1.96. The molecule has 0 saturated carbocycles. The maximum Gasteiger partial charge on any atom is 0.431 e. The summed E-state index contributed by atoms with van der Waals surface area (Å²) in [6, 6.07) is 13.8. The van der Waals surface area contributed by atoms with Gasteiger partial charge in [0.25, 0.3) is 5.91 Å². The molecule has 2 aromatic carbocycles. The van der Waals surface area contributed by atoms with Gasteiger partial charge in [-0.3, -0.25) is 19.0 Å². The topological polar surface area (TPSA) is 103 Å². The van der Waals surface area contributed by atoms with E-state index in [0.717, 1.165) is 9.13 Å². The second-order valence-corrected chi connectivity index (χ2v) is 9.29. The molecule has 1 aromatic heterocycles. The summed E-state index contributed by atoms with van der Waals surface area (Å²) in [6.07, 6.45) is -0.132. The van der Waals surface area contributed by atoms with Gasteiger partial charge in [0.1, 0.15) is 12.6 Å². The van der Waals surface area contributed by atoms with Gasteiger partial charge >= 0.3 is 11.3 Å². The molecule has 1 atom stereocenters. The van der Waals surface area contributed by atoms with Crippen molar-refractivity contribution in [2.45, 2.75) is 25.9 Å². The normalized spacial score (nSPS) is 15.9. The van der Waals surface area contributed by atoms with Crippen LogP contribution in [0.1, 0.15) is 17.7 Å². The number of H-pyrrole nitrogens is 1. The monoisotopic (exact) mass is 578 g/mol. The van der Waals surface area contributed by atoms with Crippen LogP contribution in [0.2, 0.25) is 0 Å². The summed E-state index contributed by atoms with van der Waals surface area (Å²) < 4.78 is 7.30. The number of benzene rings is 2. The molecule has 1 aliphatic heterocycles. The molecule has 1 unspecified atom stereocenters. The number of aromatic amines is 1. The third kappa shape index (κ3) is 4.83. The number of carbonyl (C=O) groups is 2. The van der Waals surface area contributed by atoms with Gasteiger partial charge in [0.2, 0.25) is 5.91 Å². The van der Waals surface area contributed by atoms with Crippen molar-refractivity contribution in [1.29, 1.82) is 0 Å². The lowest BCUT2D eigenvalue weighted by Crippen LogP contribution is -2.44. The molecular weight excluding hydrogens is 557 g/mol. The number of aryl methyl sites for hydroxylation is 2. The number of aromatic nitrogens is 2. The molecule has 0 bridgehead atoms. The van der Waals surface area contributed by atoms with Crippen LogP contribution >= 0.6 is 34.8 Å². The fraction of sp³-hybridized carbons (Fsp3) is 0.227. The first-order valence-electron chi connectivity index (χ1n) is 10.1. The zero-order chi connectivity index (χ0) is 23.7. The highest BCUT2D eigenvalue weighted by molar-refractivity contribution is 14.1. The van der Waals surface area contributed by atoms with Crippen LogP contribution in [0.25, 0.3) is 0 Å². The molecule has 9 nitrogen and oxygen atoms in total. The number of anilines is 2. The van der Waals surface area contributed by atoms with Gasteiger partial charge in [-0.1, -0.05) is 22.4 Å². The van der Waals surface area contributed by atoms with E-state index < -0.39 is 11.7 Å². The summed E-state index contributed by atoms with van der Waals surface area (Å²) in [5.74, 6) is -0.664. The fourth-order valence-electron chi connectivity index (χ4n) is 3.56. The molecule has 2 N–H and O–H groups in total. The number of amides is 2. The van der Waals surface area contributed by atoms with Crippen molar-refractivity contribution in [3.8, 4) is 0 Å². The van der Waals surface area contributed by atoms with Crippen molar-refractivity contribution in [3.63, 3.8) is 0 Å². The lowest BCUT2D eigenvalue weighted by atomic mass is 10.1. The second kappa shape index (κ2) is 9.43. The van der Waals surface area contributed by atoms with E-state index in [1.807, 2.05) is 31.2 Å². The van der Waals surface area contributed by atoms with Gasteiger partial charge in [0.05, 0.1) is 12.1 Å². The highest BCUT2D eigenvalue weighted by atomic mass is 127. The van der Waals surface area contributed by atoms with Gasteiger partial charge in [0, 0.05) is 9.26 Å². The Morgan fingerprint density at radius 2 is 1.85 bits per heavy atom. The van der Waals surface area contributed by atoms with Crippen LogP contribution in [-0.2, 0) is 23.2 Å². The lowest BCUT2D eigenvalue weighted by Gasteiger charge is -2.21. The molecule has 2 amide bonds. The summed E-state index contributed by atoms with van der Waals surface area (Å²) in [5.41, 5.74) is 1.99. The first-order chi connectivity index (χ1) is 15.7. The molecule has 1 fully saturated rings. The molecule has 1 aliphatic rings. The number of nitrogens with zero attached hydrogens (tertiary/aromatic N) is 3. The third-order valence-corrected chi connectivity index (χ3v) is 6.49. The molecule has 0 spiro atoms. The van der Waals surface area contributed by atoms with Crippen molar-refractivity contribution in [2.24, 2.45) is 7.05 Å². The Bertz CT molecular complexity index is 1270. The van der Waals surface area contributed by atoms with Gasteiger partial charge in [-0.05, 0) is 83.4 Å². The number of carbonyl (C=O) groups excluding carboxylic acids is 2. The largest absolute Gasteiger partial charge is 0.431 e. The minimum Gasteiger partial charge on any atom is -0.326 e. The van der Waals surface area contributed by atoms with Crippen LogP contribution < -0.4 is 20.5 Å². The number of nitrogens with one attached hydrogen (secondary N) is 2. The van der Waals surface area contributed by atoms with Gasteiger partial charge in [-0.2, -0.15) is 0 Å². The van der Waals surface area contributed by atoms with Gasteiger partial charge in [0.15, 0.2) is 12.2 Å². The van der Waals surface area contributed by atoms with Gasteiger partial charge in [-0.15, -0.1) is 0 Å². The highest BCUT2D eigenvalue weighted by Crippen LogP contribution is 2.28. The number of hydrogen-bond donors (Lipinski definition) is 2. The highest BCUT2D eigenvalue weighted by Gasteiger charge is 2.45. The van der Waals surface area contributed by atoms with Crippen LogP contribution in [0.15, 0.2) is 57.8 Å². The predicted octanol–water partition coefficient (Wildman–Crippen LogP) is 2.24. The Labute approximate surface area is 208 Å². The second-order valence-electron chi connectivity index (χ2n) is 7.68. The zero-order valence-corrected chi connectivity index (χ0v) is 20.8. The molecular formula is C22H21IN5O4S+. The Hall–Kier alpha value is -3.06. The van der Waals surface area contributed by atoms with Crippen molar-refractivity contribution in [3.05, 3.63) is 73.8 Å². The van der Waals surface area contributed by atoms with E-state index in [1.54, 1.807) is 36.2 Å². The SMILES string of the molecule is Cc1ccc(N2C(=O)C(CC(=O)Nc3ccc(I)cc3)N(Cc3c(=O)o[nH][n+]3C)C2=S)cc1. The van der Waals surface area contributed by atoms with E-state index in [2.05, 4.69) is 33.2 Å². The average Bonchev–Trinajstić information content (AvgIpc) is 3.21. The number of halogens is 1. The van der Waals surface area contributed by atoms with Crippen molar-refractivity contribution < 1.29 is 18.8 Å². The van der Waals surface area contributed by atoms with Crippen molar-refractivity contribution in [2.75, 3.05) is 10.2 Å². The minimum absolute atomic E-state index is 0.0107. The Morgan fingerprint density at radius 1 is 1.18 bits per heavy atom. The van der Waals surface area contributed by atoms with Crippen molar-refractivity contribution >= 4 is 63.1 Å². The van der Waals surface area contributed by atoms with E-state index in [1.165, 1.54) is 9.58 Å². The van der Waals surface area contributed by atoms with Crippen LogP contribution in [-0.4, -0.2) is 33.1 Å². The maximum absolute atomic E-state index is 13.4. The summed E-state index contributed by atoms with van der Waals surface area (Å²) in [7, 11) is 1.62. The maximum atomic E-state index is 13.4. The Morgan fingerprint density at radius 3 is 2.45 bits per heavy atom. The van der Waals surface area contributed by atoms with Crippen molar-refractivity contribution in [1.82, 2.24) is 10.2 Å².